The zero-order chi connectivity index (χ0) is 22.0. The summed E-state index contributed by atoms with van der Waals surface area (Å²) < 4.78 is 7.02. The van der Waals surface area contributed by atoms with E-state index in [9.17, 15) is 9.59 Å². The molecular formula is C25H27N3O3. The van der Waals surface area contributed by atoms with E-state index in [1.807, 2.05) is 44.2 Å². The number of rotatable bonds is 6. The smallest absolute Gasteiger partial charge is 0.408 e. The predicted molar refractivity (Wildman–Crippen MR) is 119 cm³/mol. The van der Waals surface area contributed by atoms with Crippen molar-refractivity contribution < 1.29 is 9.21 Å². The van der Waals surface area contributed by atoms with Gasteiger partial charge in [-0.25, -0.2) is 9.64 Å². The lowest BCUT2D eigenvalue weighted by molar-refractivity contribution is -0.123. The van der Waals surface area contributed by atoms with Gasteiger partial charge in [0.1, 0.15) is 5.78 Å². The fourth-order valence-electron chi connectivity index (χ4n) is 4.61. The molecule has 1 aromatic carbocycles. The first-order chi connectivity index (χ1) is 14.9. The van der Waals surface area contributed by atoms with Gasteiger partial charge in [0.2, 0.25) is 5.69 Å². The lowest BCUT2D eigenvalue weighted by Gasteiger charge is -2.27. The largest absolute Gasteiger partial charge is 0.420 e. The number of aromatic nitrogens is 2. The number of benzene rings is 1. The molecule has 0 atom stereocenters. The van der Waals surface area contributed by atoms with Gasteiger partial charge in [-0.3, -0.25) is 14.3 Å². The summed E-state index contributed by atoms with van der Waals surface area (Å²) in [7, 11) is 0. The molecule has 0 bridgehead atoms. The highest BCUT2D eigenvalue weighted by Crippen LogP contribution is 2.32. The monoisotopic (exact) mass is 417 g/mol. The highest BCUT2D eigenvalue weighted by Gasteiger charge is 2.26. The summed E-state index contributed by atoms with van der Waals surface area (Å²) in [5.74, 6) is 0.543. The number of ketones is 1. The lowest BCUT2D eigenvalue weighted by Crippen LogP contribution is -2.24. The van der Waals surface area contributed by atoms with Gasteiger partial charge in [0.15, 0.2) is 5.58 Å². The van der Waals surface area contributed by atoms with Crippen LogP contribution in [0, 0.1) is 18.4 Å². The van der Waals surface area contributed by atoms with Gasteiger partial charge in [0.25, 0.3) is 0 Å². The van der Waals surface area contributed by atoms with Gasteiger partial charge in [-0.2, -0.15) is 0 Å². The summed E-state index contributed by atoms with van der Waals surface area (Å²) in [6.07, 6.45) is 6.77. The molecule has 2 aromatic heterocycles. The maximum atomic E-state index is 12.9. The zero-order valence-corrected chi connectivity index (χ0v) is 18.0. The van der Waals surface area contributed by atoms with Crippen LogP contribution in [0.4, 0.5) is 5.69 Å². The molecule has 31 heavy (non-hydrogen) atoms. The van der Waals surface area contributed by atoms with Crippen LogP contribution in [-0.4, -0.2) is 15.3 Å². The Morgan fingerprint density at radius 2 is 2.00 bits per heavy atom. The second-order valence-electron chi connectivity index (χ2n) is 8.82. The SMILES string of the molecule is [C-]#[N+]c1ccc(CC2CCC(C(=O)Cc3ccc4c(c3)oc(=O)n4C(C)C)CC2)nc1. The van der Waals surface area contributed by atoms with Crippen molar-refractivity contribution in [2.45, 2.75) is 58.4 Å². The Balaban J connectivity index is 1.34. The number of pyridine rings is 1. The quantitative estimate of drug-likeness (QED) is 0.512. The Hall–Kier alpha value is -3.20. The molecule has 0 unspecified atom stereocenters. The number of nitrogens with zero attached hydrogens (tertiary/aromatic N) is 3. The van der Waals surface area contributed by atoms with Crippen LogP contribution in [0.15, 0.2) is 45.7 Å². The molecule has 0 aliphatic heterocycles. The van der Waals surface area contributed by atoms with E-state index in [0.717, 1.165) is 48.9 Å². The second kappa shape index (κ2) is 8.89. The average Bonchev–Trinajstić information content (AvgIpc) is 3.10. The standard InChI is InChI=1S/C25H27N3O3/c1-16(2)28-22-11-6-18(14-24(22)31-25(28)30)13-23(29)19-7-4-17(5-8-19)12-20-9-10-21(26-3)15-27-20/h6,9-11,14-17,19H,4-5,7-8,12-13H2,1-2H3. The first-order valence-electron chi connectivity index (χ1n) is 10.9. The van der Waals surface area contributed by atoms with Crippen LogP contribution >= 0.6 is 0 Å². The molecule has 1 saturated carbocycles. The summed E-state index contributed by atoms with van der Waals surface area (Å²) in [4.78, 5) is 32.7. The highest BCUT2D eigenvalue weighted by atomic mass is 16.4. The van der Waals surface area contributed by atoms with Crippen LogP contribution in [0.3, 0.4) is 0 Å². The molecule has 4 rings (SSSR count). The number of carbonyl (C=O) groups is 1. The molecule has 160 valence electrons. The van der Waals surface area contributed by atoms with Crippen molar-refractivity contribution >= 4 is 22.6 Å². The van der Waals surface area contributed by atoms with Crippen LogP contribution in [0.25, 0.3) is 15.9 Å². The van der Waals surface area contributed by atoms with E-state index in [1.54, 1.807) is 10.8 Å². The predicted octanol–water partition coefficient (Wildman–Crippen LogP) is 5.28. The Kier molecular flexibility index (Phi) is 6.03. The molecule has 1 aliphatic carbocycles. The minimum Gasteiger partial charge on any atom is -0.408 e. The molecule has 2 heterocycles. The Morgan fingerprint density at radius 1 is 1.23 bits per heavy atom. The third-order valence-electron chi connectivity index (χ3n) is 6.31. The number of fused-ring (bicyclic) bond motifs is 1. The van der Waals surface area contributed by atoms with E-state index in [1.165, 1.54) is 0 Å². The molecule has 0 N–H and O–H groups in total. The van der Waals surface area contributed by atoms with Gasteiger partial charge in [0.05, 0.1) is 12.1 Å². The van der Waals surface area contributed by atoms with Gasteiger partial charge >= 0.3 is 5.76 Å². The minimum absolute atomic E-state index is 0.0252. The molecule has 0 saturated heterocycles. The Bertz CT molecular complexity index is 1170. The van der Waals surface area contributed by atoms with E-state index in [2.05, 4.69) is 9.83 Å². The average molecular weight is 418 g/mol. The third-order valence-corrected chi connectivity index (χ3v) is 6.31. The number of hydrogen-bond donors (Lipinski definition) is 0. The molecule has 0 radical (unpaired) electrons. The maximum absolute atomic E-state index is 12.9. The first kappa shape index (κ1) is 21.0. The van der Waals surface area contributed by atoms with Gasteiger partial charge in [-0.1, -0.05) is 18.2 Å². The van der Waals surface area contributed by atoms with Crippen LogP contribution in [0.2, 0.25) is 0 Å². The third kappa shape index (κ3) is 4.61. The second-order valence-corrected chi connectivity index (χ2v) is 8.82. The van der Waals surface area contributed by atoms with Crippen LogP contribution in [-0.2, 0) is 17.6 Å². The van der Waals surface area contributed by atoms with Crippen LogP contribution < -0.4 is 5.76 Å². The van der Waals surface area contributed by atoms with Crippen LogP contribution in [0.5, 0.6) is 0 Å². The molecular weight excluding hydrogens is 390 g/mol. The topological polar surface area (TPSA) is 69.5 Å². The van der Waals surface area contributed by atoms with Crippen molar-refractivity contribution in [1.82, 2.24) is 9.55 Å². The van der Waals surface area contributed by atoms with Crippen LogP contribution in [0.1, 0.15) is 56.8 Å². The molecule has 0 amide bonds. The van der Waals surface area contributed by atoms with Crippen molar-refractivity contribution in [2.75, 3.05) is 0 Å². The Morgan fingerprint density at radius 3 is 2.65 bits per heavy atom. The van der Waals surface area contributed by atoms with Crippen molar-refractivity contribution in [2.24, 2.45) is 11.8 Å². The molecule has 1 aliphatic rings. The first-order valence-corrected chi connectivity index (χ1v) is 10.9. The summed E-state index contributed by atoms with van der Waals surface area (Å²) in [6, 6.07) is 9.42. The van der Waals surface area contributed by atoms with E-state index in [0.29, 0.717) is 23.6 Å². The van der Waals surface area contributed by atoms with E-state index >= 15 is 0 Å². The van der Waals surface area contributed by atoms with Crippen molar-refractivity contribution in [1.29, 1.82) is 0 Å². The van der Waals surface area contributed by atoms with E-state index in [4.69, 9.17) is 11.0 Å². The van der Waals surface area contributed by atoms with Gasteiger partial charge in [-0.15, -0.1) is 0 Å². The fraction of sp³-hybridized carbons (Fsp3) is 0.440. The normalized spacial score (nSPS) is 18.9. The molecule has 1 fully saturated rings. The van der Waals surface area contributed by atoms with Gasteiger partial charge < -0.3 is 4.42 Å². The summed E-state index contributed by atoms with van der Waals surface area (Å²) in [5.41, 5.74) is 3.80. The van der Waals surface area contributed by atoms with Crippen molar-refractivity contribution in [3.63, 3.8) is 0 Å². The molecule has 0 spiro atoms. The summed E-state index contributed by atoms with van der Waals surface area (Å²) in [5, 5.41) is 0. The molecule has 3 aromatic rings. The van der Waals surface area contributed by atoms with E-state index in [-0.39, 0.29) is 23.5 Å². The van der Waals surface area contributed by atoms with E-state index < -0.39 is 0 Å². The Labute approximate surface area is 181 Å². The number of carbonyl (C=O) groups excluding carboxylic acids is 1. The molecule has 6 heteroatoms. The van der Waals surface area contributed by atoms with Gasteiger partial charge in [-0.05, 0) is 69.6 Å². The number of hydrogen-bond acceptors (Lipinski definition) is 4. The number of oxazole rings is 1. The summed E-state index contributed by atoms with van der Waals surface area (Å²) >= 11 is 0. The minimum atomic E-state index is -0.356. The van der Waals surface area contributed by atoms with Crippen molar-refractivity contribution in [3.8, 4) is 0 Å². The highest BCUT2D eigenvalue weighted by molar-refractivity contribution is 5.84. The van der Waals surface area contributed by atoms with Crippen molar-refractivity contribution in [3.05, 3.63) is 69.8 Å². The maximum Gasteiger partial charge on any atom is 0.420 e. The molecule has 6 nitrogen and oxygen atoms in total. The fourth-order valence-corrected chi connectivity index (χ4v) is 4.61. The number of Topliss-reactive ketones (excluding diaryl/α,β-unsaturated/α-hetero) is 1. The van der Waals surface area contributed by atoms with Gasteiger partial charge in [0, 0.05) is 30.3 Å². The zero-order valence-electron chi connectivity index (χ0n) is 18.0. The lowest BCUT2D eigenvalue weighted by atomic mass is 9.77. The summed E-state index contributed by atoms with van der Waals surface area (Å²) in [6.45, 7) is 10.9.